The number of aromatic nitrogens is 1. The first-order valence-electron chi connectivity index (χ1n) is 9.41. The summed E-state index contributed by atoms with van der Waals surface area (Å²) in [4.78, 5) is 16.3. The second kappa shape index (κ2) is 9.59. The Morgan fingerprint density at radius 1 is 1.17 bits per heavy atom. The lowest BCUT2D eigenvalue weighted by molar-refractivity contribution is 0.0695. The average molecular weight is 430 g/mol. The van der Waals surface area contributed by atoms with Crippen molar-refractivity contribution in [3.8, 4) is 22.8 Å². The van der Waals surface area contributed by atoms with E-state index in [1.54, 1.807) is 31.4 Å². The standard InChI is InChI=1S/C23H21ClFNO4/c1-3-10-30-22-9-6-16(29-2)13-18(22)20-8-7-17(23(27)28)21(26-20)11-14-4-5-15(25)12-19(14)24/h4-9,12-13H,3,10-11H2,1-2H3,(H,27,28). The Balaban J connectivity index is 2.09. The number of carboxylic acid groups (broad SMARTS) is 1. The first kappa shape index (κ1) is 21.6. The van der Waals surface area contributed by atoms with Gasteiger partial charge >= 0.3 is 5.97 Å². The number of benzene rings is 2. The first-order chi connectivity index (χ1) is 14.4. The first-order valence-corrected chi connectivity index (χ1v) is 9.79. The van der Waals surface area contributed by atoms with Gasteiger partial charge in [0.15, 0.2) is 0 Å². The zero-order valence-electron chi connectivity index (χ0n) is 16.6. The highest BCUT2D eigenvalue weighted by molar-refractivity contribution is 6.31. The third-order valence-corrected chi connectivity index (χ3v) is 4.85. The van der Waals surface area contributed by atoms with Crippen molar-refractivity contribution in [1.29, 1.82) is 0 Å². The molecule has 0 aliphatic carbocycles. The second-order valence-electron chi connectivity index (χ2n) is 6.62. The monoisotopic (exact) mass is 429 g/mol. The molecule has 1 heterocycles. The number of methoxy groups -OCH3 is 1. The molecule has 3 rings (SSSR count). The number of nitrogens with zero attached hydrogens (tertiary/aromatic N) is 1. The highest BCUT2D eigenvalue weighted by atomic mass is 35.5. The number of ether oxygens (including phenoxy) is 2. The maximum Gasteiger partial charge on any atom is 0.337 e. The smallest absolute Gasteiger partial charge is 0.337 e. The fraction of sp³-hybridized carbons (Fsp3) is 0.217. The summed E-state index contributed by atoms with van der Waals surface area (Å²) in [5.74, 6) is -0.312. The van der Waals surface area contributed by atoms with E-state index in [4.69, 9.17) is 21.1 Å². The van der Waals surface area contributed by atoms with Crippen molar-refractivity contribution in [1.82, 2.24) is 4.98 Å². The molecule has 0 radical (unpaired) electrons. The van der Waals surface area contributed by atoms with E-state index in [-0.39, 0.29) is 17.0 Å². The number of carboxylic acids is 1. The average Bonchev–Trinajstić information content (AvgIpc) is 2.74. The topological polar surface area (TPSA) is 68.7 Å². The lowest BCUT2D eigenvalue weighted by Gasteiger charge is -2.14. The normalized spacial score (nSPS) is 10.7. The highest BCUT2D eigenvalue weighted by Crippen LogP contribution is 2.34. The van der Waals surface area contributed by atoms with Gasteiger partial charge in [-0.25, -0.2) is 9.18 Å². The van der Waals surface area contributed by atoms with Crippen LogP contribution >= 0.6 is 11.6 Å². The molecule has 0 atom stereocenters. The van der Waals surface area contributed by atoms with Crippen LogP contribution in [0.2, 0.25) is 5.02 Å². The van der Waals surface area contributed by atoms with Gasteiger partial charge in [-0.1, -0.05) is 24.6 Å². The van der Waals surface area contributed by atoms with Crippen molar-refractivity contribution >= 4 is 17.6 Å². The summed E-state index contributed by atoms with van der Waals surface area (Å²) < 4.78 is 24.5. The Morgan fingerprint density at radius 2 is 1.97 bits per heavy atom. The molecule has 0 bridgehead atoms. The number of halogens is 2. The van der Waals surface area contributed by atoms with Crippen molar-refractivity contribution in [3.63, 3.8) is 0 Å². The van der Waals surface area contributed by atoms with Crippen molar-refractivity contribution in [3.05, 3.63) is 76.2 Å². The van der Waals surface area contributed by atoms with Crippen molar-refractivity contribution in [2.75, 3.05) is 13.7 Å². The number of aromatic carboxylic acids is 1. The Hall–Kier alpha value is -3.12. The molecule has 0 aliphatic heterocycles. The molecular weight excluding hydrogens is 409 g/mol. The molecule has 7 heteroatoms. The van der Waals surface area contributed by atoms with Gasteiger partial charge in [-0.2, -0.15) is 0 Å². The minimum absolute atomic E-state index is 0.0538. The van der Waals surface area contributed by atoms with Crippen LogP contribution in [-0.2, 0) is 6.42 Å². The Bertz CT molecular complexity index is 1070. The van der Waals surface area contributed by atoms with Gasteiger partial charge in [0.25, 0.3) is 0 Å². The van der Waals surface area contributed by atoms with Gasteiger partial charge in [0.1, 0.15) is 17.3 Å². The van der Waals surface area contributed by atoms with Crippen LogP contribution in [0.4, 0.5) is 4.39 Å². The fourth-order valence-electron chi connectivity index (χ4n) is 3.00. The highest BCUT2D eigenvalue weighted by Gasteiger charge is 2.17. The zero-order valence-corrected chi connectivity index (χ0v) is 17.4. The summed E-state index contributed by atoms with van der Waals surface area (Å²) in [6, 6.07) is 12.5. The molecule has 1 aromatic heterocycles. The number of pyridine rings is 1. The SMILES string of the molecule is CCCOc1ccc(OC)cc1-c1ccc(C(=O)O)c(Cc2ccc(F)cc2Cl)n1. The van der Waals surface area contributed by atoms with E-state index in [1.807, 2.05) is 6.92 Å². The molecule has 0 saturated heterocycles. The Labute approximate surface area is 179 Å². The molecule has 0 saturated carbocycles. The van der Waals surface area contributed by atoms with Gasteiger partial charge in [0.2, 0.25) is 0 Å². The minimum Gasteiger partial charge on any atom is -0.497 e. The van der Waals surface area contributed by atoms with E-state index >= 15 is 0 Å². The van der Waals surface area contributed by atoms with Gasteiger partial charge in [-0.15, -0.1) is 0 Å². The molecule has 3 aromatic rings. The zero-order chi connectivity index (χ0) is 21.7. The molecule has 0 aliphatic rings. The van der Waals surface area contributed by atoms with Crippen LogP contribution in [0.3, 0.4) is 0 Å². The van der Waals surface area contributed by atoms with Crippen LogP contribution in [-0.4, -0.2) is 29.8 Å². The van der Waals surface area contributed by atoms with E-state index in [0.717, 1.165) is 6.42 Å². The molecule has 1 N–H and O–H groups in total. The fourth-order valence-corrected chi connectivity index (χ4v) is 3.23. The summed E-state index contributed by atoms with van der Waals surface area (Å²) >= 11 is 6.14. The van der Waals surface area contributed by atoms with Gasteiger partial charge in [-0.05, 0) is 54.4 Å². The quantitative estimate of drug-likeness (QED) is 0.502. The van der Waals surface area contributed by atoms with E-state index in [1.165, 1.54) is 24.3 Å². The van der Waals surface area contributed by atoms with Gasteiger partial charge in [0.05, 0.1) is 30.7 Å². The van der Waals surface area contributed by atoms with Gasteiger partial charge < -0.3 is 14.6 Å². The van der Waals surface area contributed by atoms with Crippen molar-refractivity contribution < 1.29 is 23.8 Å². The lowest BCUT2D eigenvalue weighted by atomic mass is 10.0. The largest absolute Gasteiger partial charge is 0.497 e. The minimum atomic E-state index is -1.10. The van der Waals surface area contributed by atoms with E-state index in [0.29, 0.717) is 40.6 Å². The maximum atomic E-state index is 13.4. The predicted octanol–water partition coefficient (Wildman–Crippen LogP) is 5.63. The lowest BCUT2D eigenvalue weighted by Crippen LogP contribution is -2.07. The third kappa shape index (κ3) is 4.89. The van der Waals surface area contributed by atoms with E-state index in [2.05, 4.69) is 4.98 Å². The van der Waals surface area contributed by atoms with Crippen LogP contribution in [0.25, 0.3) is 11.3 Å². The van der Waals surface area contributed by atoms with Gasteiger partial charge in [0, 0.05) is 17.0 Å². The number of hydrogen-bond donors (Lipinski definition) is 1. The predicted molar refractivity (Wildman–Crippen MR) is 113 cm³/mol. The molecule has 0 unspecified atom stereocenters. The van der Waals surface area contributed by atoms with Crippen LogP contribution in [0.15, 0.2) is 48.5 Å². The summed E-state index contributed by atoms with van der Waals surface area (Å²) in [5, 5.41) is 9.81. The molecule has 156 valence electrons. The van der Waals surface area contributed by atoms with Crippen LogP contribution in [0.5, 0.6) is 11.5 Å². The van der Waals surface area contributed by atoms with Gasteiger partial charge in [-0.3, -0.25) is 4.98 Å². The van der Waals surface area contributed by atoms with Crippen molar-refractivity contribution in [2.24, 2.45) is 0 Å². The number of rotatable bonds is 8. The summed E-state index contributed by atoms with van der Waals surface area (Å²) in [5.41, 5.74) is 2.18. The molecule has 0 spiro atoms. The third-order valence-electron chi connectivity index (χ3n) is 4.50. The molecule has 0 amide bonds. The van der Waals surface area contributed by atoms with E-state index < -0.39 is 11.8 Å². The second-order valence-corrected chi connectivity index (χ2v) is 7.03. The van der Waals surface area contributed by atoms with Crippen LogP contribution < -0.4 is 9.47 Å². The summed E-state index contributed by atoms with van der Waals surface area (Å²) in [6.07, 6.45) is 0.981. The molecule has 30 heavy (non-hydrogen) atoms. The van der Waals surface area contributed by atoms with Crippen molar-refractivity contribution in [2.45, 2.75) is 19.8 Å². The maximum absolute atomic E-state index is 13.4. The van der Waals surface area contributed by atoms with E-state index in [9.17, 15) is 14.3 Å². The number of carbonyl (C=O) groups is 1. The van der Waals surface area contributed by atoms with Crippen LogP contribution in [0.1, 0.15) is 35.0 Å². The van der Waals surface area contributed by atoms with Crippen LogP contribution in [0, 0.1) is 5.82 Å². The molecular formula is C23H21ClFNO4. The molecule has 0 fully saturated rings. The molecule has 5 nitrogen and oxygen atoms in total. The summed E-state index contributed by atoms with van der Waals surface area (Å²) in [6.45, 7) is 2.54. The number of hydrogen-bond acceptors (Lipinski definition) is 4. The molecule has 2 aromatic carbocycles. The summed E-state index contributed by atoms with van der Waals surface area (Å²) in [7, 11) is 1.56. The Morgan fingerprint density at radius 3 is 2.63 bits per heavy atom. The Kier molecular flexibility index (Phi) is 6.90.